The van der Waals surface area contributed by atoms with Crippen LogP contribution in [0.15, 0.2) is 65.1 Å². The van der Waals surface area contributed by atoms with E-state index >= 15 is 0 Å². The lowest BCUT2D eigenvalue weighted by atomic mass is 10.2. The van der Waals surface area contributed by atoms with E-state index in [0.717, 1.165) is 5.56 Å². The van der Waals surface area contributed by atoms with Crippen molar-refractivity contribution in [3.05, 3.63) is 81.8 Å². The molecule has 3 rings (SSSR count). The Hall–Kier alpha value is -2.51. The zero-order chi connectivity index (χ0) is 19.4. The third-order valence-corrected chi connectivity index (χ3v) is 7.63. The van der Waals surface area contributed by atoms with Crippen LogP contribution in [0.4, 0.5) is 0 Å². The lowest BCUT2D eigenvalue weighted by molar-refractivity contribution is 0.0953. The van der Waals surface area contributed by atoms with Crippen molar-refractivity contribution in [3.63, 3.8) is 0 Å². The number of sulfone groups is 1. The van der Waals surface area contributed by atoms with E-state index in [4.69, 9.17) is 0 Å². The van der Waals surface area contributed by atoms with Crippen molar-refractivity contribution in [2.75, 3.05) is 6.54 Å². The smallest absolute Gasteiger partial charge is 0.251 e. The third kappa shape index (κ3) is 4.26. The summed E-state index contributed by atoms with van der Waals surface area (Å²) < 4.78 is 26.8. The molecule has 140 valence electrons. The molecule has 3 aromatic rings. The minimum absolute atomic E-state index is 0.00259. The molecule has 0 aliphatic heterocycles. The molecule has 0 spiro atoms. The molecule has 0 aliphatic rings. The number of aromatic nitrogens is 1. The van der Waals surface area contributed by atoms with Gasteiger partial charge < -0.3 is 5.32 Å². The van der Waals surface area contributed by atoms with Crippen LogP contribution in [-0.4, -0.2) is 25.9 Å². The van der Waals surface area contributed by atoms with Gasteiger partial charge in [0.2, 0.25) is 0 Å². The largest absolute Gasteiger partial charge is 0.350 e. The van der Waals surface area contributed by atoms with Gasteiger partial charge in [-0.1, -0.05) is 18.2 Å². The summed E-state index contributed by atoms with van der Waals surface area (Å²) in [6, 6.07) is 12.2. The van der Waals surface area contributed by atoms with Crippen LogP contribution in [0, 0.1) is 13.8 Å². The number of benzene rings is 1. The van der Waals surface area contributed by atoms with E-state index in [9.17, 15) is 13.2 Å². The predicted molar refractivity (Wildman–Crippen MR) is 107 cm³/mol. The molecule has 7 heteroatoms. The molecule has 0 saturated carbocycles. The maximum absolute atomic E-state index is 13.4. The highest BCUT2D eigenvalue weighted by molar-refractivity contribution is 7.92. The Kier molecular flexibility index (Phi) is 5.72. The van der Waals surface area contributed by atoms with Gasteiger partial charge in [-0.05, 0) is 54.6 Å². The molecule has 1 aromatic carbocycles. The number of thiophene rings is 1. The summed E-state index contributed by atoms with van der Waals surface area (Å²) in [4.78, 5) is 17.3. The molecule has 0 bridgehead atoms. The van der Waals surface area contributed by atoms with Gasteiger partial charge in [0.15, 0.2) is 9.84 Å². The summed E-state index contributed by atoms with van der Waals surface area (Å²) in [5.41, 5.74) is 2.02. The molecule has 0 radical (unpaired) electrons. The van der Waals surface area contributed by atoms with Gasteiger partial charge in [-0.2, -0.15) is 0 Å². The fraction of sp³-hybridized carbons (Fsp3) is 0.200. The van der Waals surface area contributed by atoms with Crippen molar-refractivity contribution in [1.82, 2.24) is 10.3 Å². The Bertz CT molecular complexity index is 1030. The highest BCUT2D eigenvalue weighted by atomic mass is 32.2. The molecule has 5 nitrogen and oxygen atoms in total. The Morgan fingerprint density at radius 2 is 1.89 bits per heavy atom. The van der Waals surface area contributed by atoms with Gasteiger partial charge >= 0.3 is 0 Å². The first-order valence-corrected chi connectivity index (χ1v) is 10.8. The zero-order valence-corrected chi connectivity index (χ0v) is 16.7. The Morgan fingerprint density at radius 3 is 2.56 bits per heavy atom. The predicted octanol–water partition coefficient (Wildman–Crippen LogP) is 3.70. The van der Waals surface area contributed by atoms with E-state index < -0.39 is 15.1 Å². The molecule has 2 aromatic heterocycles. The van der Waals surface area contributed by atoms with Gasteiger partial charge in [-0.3, -0.25) is 9.78 Å². The SMILES string of the molecule is Cc1ccc(C)c(S(=O)(=O)[C@@H](CNC(=O)c2ccncc2)c2cccs2)c1. The molecular weight excluding hydrogens is 380 g/mol. The van der Waals surface area contributed by atoms with Crippen molar-refractivity contribution in [2.45, 2.75) is 24.0 Å². The molecule has 27 heavy (non-hydrogen) atoms. The topological polar surface area (TPSA) is 76.1 Å². The first-order chi connectivity index (χ1) is 12.9. The molecule has 1 amide bonds. The van der Waals surface area contributed by atoms with E-state index in [2.05, 4.69) is 10.3 Å². The van der Waals surface area contributed by atoms with E-state index in [1.165, 1.54) is 23.7 Å². The monoisotopic (exact) mass is 400 g/mol. The number of aryl methyl sites for hydroxylation is 2. The molecule has 2 heterocycles. The van der Waals surface area contributed by atoms with Crippen molar-refractivity contribution < 1.29 is 13.2 Å². The molecule has 1 N–H and O–H groups in total. The number of carbonyl (C=O) groups is 1. The van der Waals surface area contributed by atoms with Crippen molar-refractivity contribution in [1.29, 1.82) is 0 Å². The maximum Gasteiger partial charge on any atom is 0.251 e. The number of pyridine rings is 1. The van der Waals surface area contributed by atoms with Gasteiger partial charge in [-0.15, -0.1) is 11.3 Å². The molecule has 0 saturated heterocycles. The second kappa shape index (κ2) is 8.02. The summed E-state index contributed by atoms with van der Waals surface area (Å²) in [6.45, 7) is 3.65. The van der Waals surface area contributed by atoms with Gasteiger partial charge in [0, 0.05) is 29.4 Å². The van der Waals surface area contributed by atoms with E-state index in [1.54, 1.807) is 31.2 Å². The quantitative estimate of drug-likeness (QED) is 0.684. The van der Waals surface area contributed by atoms with Crippen LogP contribution >= 0.6 is 11.3 Å². The highest BCUT2D eigenvalue weighted by Gasteiger charge is 2.31. The third-order valence-electron chi connectivity index (χ3n) is 4.28. The second-order valence-electron chi connectivity index (χ2n) is 6.26. The summed E-state index contributed by atoms with van der Waals surface area (Å²) in [7, 11) is -3.67. The lowest BCUT2D eigenvalue weighted by Crippen LogP contribution is -2.31. The number of amides is 1. The van der Waals surface area contributed by atoms with Crippen molar-refractivity contribution in [2.24, 2.45) is 0 Å². The fourth-order valence-corrected chi connectivity index (χ4v) is 5.91. The number of nitrogens with zero attached hydrogens (tertiary/aromatic N) is 1. The van der Waals surface area contributed by atoms with Gasteiger partial charge in [0.05, 0.1) is 4.90 Å². The zero-order valence-electron chi connectivity index (χ0n) is 15.0. The summed E-state index contributed by atoms with van der Waals surface area (Å²) in [5, 5.41) is 3.75. The van der Waals surface area contributed by atoms with Crippen LogP contribution in [0.5, 0.6) is 0 Å². The first-order valence-electron chi connectivity index (χ1n) is 8.42. The van der Waals surface area contributed by atoms with Gasteiger partial charge in [0.25, 0.3) is 5.91 Å². The van der Waals surface area contributed by atoms with Crippen LogP contribution in [0.3, 0.4) is 0 Å². The highest BCUT2D eigenvalue weighted by Crippen LogP contribution is 2.33. The molecule has 0 aliphatic carbocycles. The average molecular weight is 401 g/mol. The number of nitrogens with one attached hydrogen (secondary N) is 1. The number of carbonyl (C=O) groups excluding carboxylic acids is 1. The van der Waals surface area contributed by atoms with Crippen molar-refractivity contribution >= 4 is 27.1 Å². The van der Waals surface area contributed by atoms with E-state index in [0.29, 0.717) is 20.9 Å². The Balaban J connectivity index is 1.92. The lowest BCUT2D eigenvalue weighted by Gasteiger charge is -2.19. The van der Waals surface area contributed by atoms with Gasteiger partial charge in [0.1, 0.15) is 5.25 Å². The van der Waals surface area contributed by atoms with Gasteiger partial charge in [-0.25, -0.2) is 8.42 Å². The van der Waals surface area contributed by atoms with Crippen LogP contribution in [-0.2, 0) is 9.84 Å². The summed E-state index contributed by atoms with van der Waals surface area (Å²) in [6.07, 6.45) is 3.05. The summed E-state index contributed by atoms with van der Waals surface area (Å²) >= 11 is 1.37. The van der Waals surface area contributed by atoms with E-state index in [-0.39, 0.29) is 12.5 Å². The first kappa shape index (κ1) is 19.3. The number of rotatable bonds is 6. The fourth-order valence-electron chi connectivity index (χ4n) is 2.80. The minimum atomic E-state index is -3.67. The average Bonchev–Trinajstić information content (AvgIpc) is 3.18. The molecular formula is C20H20N2O3S2. The van der Waals surface area contributed by atoms with Crippen LogP contribution in [0.25, 0.3) is 0 Å². The van der Waals surface area contributed by atoms with Crippen LogP contribution in [0.1, 0.15) is 31.6 Å². The normalized spacial score (nSPS) is 12.5. The number of hydrogen-bond donors (Lipinski definition) is 1. The maximum atomic E-state index is 13.4. The standard InChI is InChI=1S/C20H20N2O3S2/c1-14-5-6-15(2)18(12-14)27(24,25)19(17-4-3-11-26-17)13-22-20(23)16-7-9-21-10-8-16/h3-12,19H,13H2,1-2H3,(H,22,23)/t19-/m0/s1. The van der Waals surface area contributed by atoms with E-state index in [1.807, 2.05) is 30.5 Å². The second-order valence-corrected chi connectivity index (χ2v) is 9.34. The Labute approximate surface area is 163 Å². The summed E-state index contributed by atoms with van der Waals surface area (Å²) in [5.74, 6) is -0.324. The molecule has 1 atom stereocenters. The minimum Gasteiger partial charge on any atom is -0.350 e. The van der Waals surface area contributed by atoms with Crippen molar-refractivity contribution in [3.8, 4) is 0 Å². The molecule has 0 fully saturated rings. The van der Waals surface area contributed by atoms with Crippen LogP contribution < -0.4 is 5.32 Å². The molecule has 0 unspecified atom stereocenters. The number of hydrogen-bond acceptors (Lipinski definition) is 5. The Morgan fingerprint density at radius 1 is 1.15 bits per heavy atom. The van der Waals surface area contributed by atoms with Crippen LogP contribution in [0.2, 0.25) is 0 Å².